The lowest BCUT2D eigenvalue weighted by Gasteiger charge is -2.29. The van der Waals surface area contributed by atoms with Gasteiger partial charge in [0.1, 0.15) is 10.7 Å². The van der Waals surface area contributed by atoms with Gasteiger partial charge in [-0.2, -0.15) is 8.42 Å². The fourth-order valence-electron chi connectivity index (χ4n) is 2.47. The van der Waals surface area contributed by atoms with E-state index < -0.39 is 10.0 Å². The molecule has 0 saturated carbocycles. The van der Waals surface area contributed by atoms with Crippen LogP contribution in [-0.4, -0.2) is 33.3 Å². The topological polar surface area (TPSA) is 78.8 Å². The van der Waals surface area contributed by atoms with Gasteiger partial charge in [0.2, 0.25) is 0 Å². The van der Waals surface area contributed by atoms with Crippen LogP contribution < -0.4 is 10.2 Å². The molecule has 7 heteroatoms. The third-order valence-electron chi connectivity index (χ3n) is 3.70. The van der Waals surface area contributed by atoms with Crippen LogP contribution in [0.1, 0.15) is 50.4 Å². The number of rotatable bonds is 6. The van der Waals surface area contributed by atoms with Crippen molar-refractivity contribution in [1.82, 2.24) is 5.32 Å². The Morgan fingerprint density at radius 2 is 2.00 bits per heavy atom. The van der Waals surface area contributed by atoms with Gasteiger partial charge >= 0.3 is 0 Å². The molecule has 0 saturated heterocycles. The van der Waals surface area contributed by atoms with Crippen LogP contribution in [-0.2, 0) is 10.0 Å². The first-order chi connectivity index (χ1) is 10.9. The highest BCUT2D eigenvalue weighted by Gasteiger charge is 2.29. The monoisotopic (exact) mass is 337 g/mol. The summed E-state index contributed by atoms with van der Waals surface area (Å²) in [7, 11) is -3.76. The molecule has 126 valence electrons. The van der Waals surface area contributed by atoms with Crippen molar-refractivity contribution in [3.63, 3.8) is 0 Å². The number of nitrogens with one attached hydrogen (secondary N) is 1. The SMILES string of the molecule is CCCCN1C(C)=NS(=O)(=O)c2cc(C(=O)NCCC)ccc21. The number of fused-ring (bicyclic) bond motifs is 1. The van der Waals surface area contributed by atoms with Crippen LogP contribution in [0.15, 0.2) is 27.5 Å². The second kappa shape index (κ2) is 7.12. The van der Waals surface area contributed by atoms with Crippen molar-refractivity contribution in [2.24, 2.45) is 4.40 Å². The number of nitrogens with zero attached hydrogens (tertiary/aromatic N) is 2. The van der Waals surface area contributed by atoms with Gasteiger partial charge in [-0.3, -0.25) is 4.79 Å². The lowest BCUT2D eigenvalue weighted by Crippen LogP contribution is -2.35. The first-order valence-corrected chi connectivity index (χ1v) is 9.36. The van der Waals surface area contributed by atoms with Crippen LogP contribution in [0.3, 0.4) is 0 Å². The number of carbonyl (C=O) groups excluding carboxylic acids is 1. The van der Waals surface area contributed by atoms with E-state index in [1.54, 1.807) is 19.1 Å². The molecule has 0 aliphatic carbocycles. The Morgan fingerprint density at radius 3 is 2.65 bits per heavy atom. The van der Waals surface area contributed by atoms with Crippen molar-refractivity contribution in [2.75, 3.05) is 18.0 Å². The highest BCUT2D eigenvalue weighted by molar-refractivity contribution is 7.90. The lowest BCUT2D eigenvalue weighted by molar-refractivity contribution is 0.0953. The second-order valence-electron chi connectivity index (χ2n) is 5.56. The summed E-state index contributed by atoms with van der Waals surface area (Å²) in [5.74, 6) is 0.199. The Kier molecular flexibility index (Phi) is 5.41. The first kappa shape index (κ1) is 17.5. The number of benzene rings is 1. The van der Waals surface area contributed by atoms with Crippen molar-refractivity contribution < 1.29 is 13.2 Å². The van der Waals surface area contributed by atoms with Crippen LogP contribution in [0, 0.1) is 0 Å². The summed E-state index contributed by atoms with van der Waals surface area (Å²) in [5.41, 5.74) is 0.934. The van der Waals surface area contributed by atoms with E-state index in [0.717, 1.165) is 19.3 Å². The zero-order valence-electron chi connectivity index (χ0n) is 13.8. The molecule has 1 amide bonds. The maximum atomic E-state index is 12.3. The van der Waals surface area contributed by atoms with Crippen molar-refractivity contribution in [3.8, 4) is 0 Å². The minimum absolute atomic E-state index is 0.100. The number of amidine groups is 1. The van der Waals surface area contributed by atoms with E-state index in [0.29, 0.717) is 30.2 Å². The maximum Gasteiger partial charge on any atom is 0.286 e. The van der Waals surface area contributed by atoms with Gasteiger partial charge in [-0.15, -0.1) is 4.40 Å². The molecule has 6 nitrogen and oxygen atoms in total. The van der Waals surface area contributed by atoms with Crippen LogP contribution >= 0.6 is 0 Å². The van der Waals surface area contributed by atoms with E-state index in [-0.39, 0.29) is 10.8 Å². The summed E-state index contributed by atoms with van der Waals surface area (Å²) in [4.78, 5) is 14.1. The molecule has 1 heterocycles. The summed E-state index contributed by atoms with van der Waals surface area (Å²) >= 11 is 0. The van der Waals surface area contributed by atoms with E-state index >= 15 is 0 Å². The molecule has 0 atom stereocenters. The number of anilines is 1. The molecule has 0 radical (unpaired) electrons. The van der Waals surface area contributed by atoms with Crippen LogP contribution in [0.2, 0.25) is 0 Å². The maximum absolute atomic E-state index is 12.3. The normalized spacial score (nSPS) is 15.8. The zero-order chi connectivity index (χ0) is 17.0. The van der Waals surface area contributed by atoms with Crippen molar-refractivity contribution in [1.29, 1.82) is 0 Å². The molecule has 23 heavy (non-hydrogen) atoms. The number of unbranched alkanes of at least 4 members (excludes halogenated alkanes) is 1. The average Bonchev–Trinajstić information content (AvgIpc) is 2.51. The fraction of sp³-hybridized carbons (Fsp3) is 0.500. The van der Waals surface area contributed by atoms with Gasteiger partial charge in [-0.1, -0.05) is 20.3 Å². The first-order valence-electron chi connectivity index (χ1n) is 7.92. The van der Waals surface area contributed by atoms with E-state index in [1.807, 2.05) is 11.8 Å². The quantitative estimate of drug-likeness (QED) is 0.865. The Balaban J connectivity index is 2.42. The average molecular weight is 337 g/mol. The Bertz CT molecular complexity index is 726. The summed E-state index contributed by atoms with van der Waals surface area (Å²) in [5, 5.41) is 2.75. The molecule has 1 N–H and O–H groups in total. The molecule has 0 bridgehead atoms. The lowest BCUT2D eigenvalue weighted by atomic mass is 10.1. The summed E-state index contributed by atoms with van der Waals surface area (Å²) in [6.45, 7) is 6.99. The van der Waals surface area contributed by atoms with Gasteiger partial charge in [-0.25, -0.2) is 0 Å². The Labute approximate surface area is 137 Å². The largest absolute Gasteiger partial charge is 0.352 e. The molecule has 1 aliphatic rings. The van der Waals surface area contributed by atoms with Gasteiger partial charge in [0.15, 0.2) is 0 Å². The molecule has 1 aromatic rings. The number of hydrogen-bond acceptors (Lipinski definition) is 4. The van der Waals surface area contributed by atoms with Crippen LogP contribution in [0.4, 0.5) is 5.69 Å². The molecule has 1 aromatic carbocycles. The molecule has 0 fully saturated rings. The minimum atomic E-state index is -3.76. The van der Waals surface area contributed by atoms with Crippen molar-refractivity contribution in [2.45, 2.75) is 44.9 Å². The van der Waals surface area contributed by atoms with Gasteiger partial charge in [0.05, 0.1) is 5.69 Å². The molecule has 2 rings (SSSR count). The minimum Gasteiger partial charge on any atom is -0.352 e. The number of amides is 1. The number of hydrogen-bond donors (Lipinski definition) is 1. The third kappa shape index (κ3) is 3.72. The summed E-state index contributed by atoms with van der Waals surface area (Å²) in [6, 6.07) is 4.78. The van der Waals surface area contributed by atoms with E-state index in [9.17, 15) is 13.2 Å². The zero-order valence-corrected chi connectivity index (χ0v) is 14.6. The highest BCUT2D eigenvalue weighted by atomic mass is 32.2. The van der Waals surface area contributed by atoms with Gasteiger partial charge < -0.3 is 10.2 Å². The van der Waals surface area contributed by atoms with Crippen molar-refractivity contribution >= 4 is 27.5 Å². The summed E-state index contributed by atoms with van der Waals surface area (Å²) in [6.07, 6.45) is 2.76. The second-order valence-corrected chi connectivity index (χ2v) is 7.13. The molecule has 0 spiro atoms. The van der Waals surface area contributed by atoms with Gasteiger partial charge in [-0.05, 0) is 38.0 Å². The fourth-order valence-corrected chi connectivity index (χ4v) is 3.73. The van der Waals surface area contributed by atoms with E-state index in [1.165, 1.54) is 6.07 Å². The smallest absolute Gasteiger partial charge is 0.286 e. The summed E-state index contributed by atoms with van der Waals surface area (Å²) < 4.78 is 28.5. The molecule has 1 aliphatic heterocycles. The number of carbonyl (C=O) groups is 1. The van der Waals surface area contributed by atoms with Crippen LogP contribution in [0.25, 0.3) is 0 Å². The van der Waals surface area contributed by atoms with Crippen molar-refractivity contribution in [3.05, 3.63) is 23.8 Å². The van der Waals surface area contributed by atoms with E-state index in [2.05, 4.69) is 16.6 Å². The predicted molar refractivity (Wildman–Crippen MR) is 91.6 cm³/mol. The highest BCUT2D eigenvalue weighted by Crippen LogP contribution is 2.32. The third-order valence-corrected chi connectivity index (χ3v) is 5.09. The van der Waals surface area contributed by atoms with Gasteiger partial charge in [0, 0.05) is 18.7 Å². The molecule has 0 unspecified atom stereocenters. The standard InChI is InChI=1S/C16H23N3O3S/c1-4-6-10-19-12(3)18-23(21,22)15-11-13(7-8-14(15)19)16(20)17-9-5-2/h7-8,11H,4-6,9-10H2,1-3H3,(H,17,20). The molecular weight excluding hydrogens is 314 g/mol. The van der Waals surface area contributed by atoms with E-state index in [4.69, 9.17) is 0 Å². The number of sulfonamides is 1. The Hall–Kier alpha value is -1.89. The van der Waals surface area contributed by atoms with Crippen LogP contribution in [0.5, 0.6) is 0 Å². The predicted octanol–water partition coefficient (Wildman–Crippen LogP) is 2.55. The molecule has 0 aromatic heterocycles. The molecular formula is C16H23N3O3S. The van der Waals surface area contributed by atoms with Gasteiger partial charge in [0.25, 0.3) is 15.9 Å². The Morgan fingerprint density at radius 1 is 1.26 bits per heavy atom.